The van der Waals surface area contributed by atoms with Crippen molar-refractivity contribution in [1.82, 2.24) is 25.1 Å². The molecule has 0 radical (unpaired) electrons. The molecule has 274 valence electrons. The van der Waals surface area contributed by atoms with E-state index in [1.54, 1.807) is 29.2 Å². The van der Waals surface area contributed by atoms with Crippen molar-refractivity contribution in [2.24, 2.45) is 5.41 Å². The topological polar surface area (TPSA) is 152 Å². The molecule has 3 fully saturated rings. The van der Waals surface area contributed by atoms with E-state index < -0.39 is 17.8 Å². The van der Waals surface area contributed by atoms with E-state index in [9.17, 15) is 23.6 Å². The van der Waals surface area contributed by atoms with Crippen LogP contribution >= 0.6 is 0 Å². The largest absolute Gasteiger partial charge is 0.493 e. The highest BCUT2D eigenvalue weighted by atomic mass is 19.1. The number of nitrogens with zero attached hydrogens (tertiary/aromatic N) is 4. The minimum Gasteiger partial charge on any atom is -0.493 e. The SMILES string of the molecule is COc1cc2c(Oc3ccccc3F)ncnc2cc1OCC(=O)N1CCC2(CCC(Nc3ccc4c(c3)CN(C3CCC(=O)NC3=O)C4=O)C2)CC1. The number of benzene rings is 3. The molecule has 2 saturated heterocycles. The van der Waals surface area contributed by atoms with Crippen LogP contribution in [0.1, 0.15) is 60.9 Å². The van der Waals surface area contributed by atoms with Gasteiger partial charge in [-0.05, 0) is 85.9 Å². The van der Waals surface area contributed by atoms with Gasteiger partial charge in [0.15, 0.2) is 29.7 Å². The van der Waals surface area contributed by atoms with E-state index >= 15 is 0 Å². The van der Waals surface area contributed by atoms with Crippen LogP contribution in [0.15, 0.2) is 60.9 Å². The van der Waals surface area contributed by atoms with Gasteiger partial charge in [-0.15, -0.1) is 0 Å². The summed E-state index contributed by atoms with van der Waals surface area (Å²) in [5.74, 6) is -0.620. The number of ether oxygens (including phenoxy) is 3. The Morgan fingerprint density at radius 2 is 1.83 bits per heavy atom. The maximum atomic E-state index is 14.2. The fraction of sp³-hybridized carbons (Fsp3) is 0.385. The second-order valence-corrected chi connectivity index (χ2v) is 14.3. The number of rotatable bonds is 9. The maximum Gasteiger partial charge on any atom is 0.260 e. The van der Waals surface area contributed by atoms with Crippen molar-refractivity contribution in [2.75, 3.05) is 32.1 Å². The number of likely N-dealkylation sites (tertiary alicyclic amines) is 1. The number of nitrogens with one attached hydrogen (secondary N) is 2. The van der Waals surface area contributed by atoms with Gasteiger partial charge in [0.05, 0.1) is 18.0 Å². The molecule has 4 amide bonds. The number of carbonyl (C=O) groups is 4. The van der Waals surface area contributed by atoms with Crippen LogP contribution in [0.25, 0.3) is 10.9 Å². The van der Waals surface area contributed by atoms with Gasteiger partial charge in [-0.25, -0.2) is 14.4 Å². The summed E-state index contributed by atoms with van der Waals surface area (Å²) in [6.07, 6.45) is 6.74. The lowest BCUT2D eigenvalue weighted by atomic mass is 9.77. The van der Waals surface area contributed by atoms with Gasteiger partial charge < -0.3 is 29.3 Å². The Hall–Kier alpha value is -5.79. The van der Waals surface area contributed by atoms with Crippen molar-refractivity contribution in [3.8, 4) is 23.1 Å². The summed E-state index contributed by atoms with van der Waals surface area (Å²) in [7, 11) is 1.49. The summed E-state index contributed by atoms with van der Waals surface area (Å²) in [4.78, 5) is 62.3. The fourth-order valence-electron chi connectivity index (χ4n) is 8.17. The van der Waals surface area contributed by atoms with Gasteiger partial charge in [-0.1, -0.05) is 12.1 Å². The molecule has 3 aromatic carbocycles. The second kappa shape index (κ2) is 14.0. The minimum absolute atomic E-state index is 0.0319. The number of hydrogen-bond acceptors (Lipinski definition) is 10. The lowest BCUT2D eigenvalue weighted by molar-refractivity contribution is -0.137. The van der Waals surface area contributed by atoms with E-state index in [-0.39, 0.29) is 53.8 Å². The van der Waals surface area contributed by atoms with Crippen molar-refractivity contribution in [3.05, 3.63) is 77.9 Å². The first-order valence-electron chi connectivity index (χ1n) is 17.9. The summed E-state index contributed by atoms with van der Waals surface area (Å²) in [6, 6.07) is 14.7. The lowest BCUT2D eigenvalue weighted by Crippen LogP contribution is -2.52. The van der Waals surface area contributed by atoms with Crippen LogP contribution in [0, 0.1) is 11.2 Å². The van der Waals surface area contributed by atoms with Crippen LogP contribution in [-0.2, 0) is 20.9 Å². The molecule has 1 aromatic heterocycles. The van der Waals surface area contributed by atoms with E-state index in [0.29, 0.717) is 54.0 Å². The average Bonchev–Trinajstić information content (AvgIpc) is 3.70. The molecule has 1 saturated carbocycles. The highest BCUT2D eigenvalue weighted by molar-refractivity contribution is 6.05. The smallest absolute Gasteiger partial charge is 0.260 e. The van der Waals surface area contributed by atoms with Gasteiger partial charge in [-0.2, -0.15) is 0 Å². The molecule has 4 aromatic rings. The molecule has 1 spiro atoms. The van der Waals surface area contributed by atoms with Crippen molar-refractivity contribution in [2.45, 2.75) is 63.6 Å². The molecule has 8 rings (SSSR count). The molecule has 13 nitrogen and oxygen atoms in total. The van der Waals surface area contributed by atoms with Crippen molar-refractivity contribution < 1.29 is 37.8 Å². The van der Waals surface area contributed by atoms with Gasteiger partial charge in [0.2, 0.25) is 17.7 Å². The van der Waals surface area contributed by atoms with Crippen LogP contribution in [0.4, 0.5) is 10.1 Å². The van der Waals surface area contributed by atoms with E-state index in [2.05, 4.69) is 20.6 Å². The third-order valence-corrected chi connectivity index (χ3v) is 11.1. The first-order valence-corrected chi connectivity index (χ1v) is 17.9. The van der Waals surface area contributed by atoms with Crippen LogP contribution in [-0.4, -0.2) is 82.3 Å². The van der Waals surface area contributed by atoms with Crippen LogP contribution < -0.4 is 24.8 Å². The first-order chi connectivity index (χ1) is 25.7. The second-order valence-electron chi connectivity index (χ2n) is 14.3. The number of carbonyl (C=O) groups excluding carboxylic acids is 4. The van der Waals surface area contributed by atoms with Gasteiger partial charge in [0, 0.05) is 49.4 Å². The highest BCUT2D eigenvalue weighted by Gasteiger charge is 2.43. The summed E-state index contributed by atoms with van der Waals surface area (Å²) >= 11 is 0. The predicted molar refractivity (Wildman–Crippen MR) is 190 cm³/mol. The Bertz CT molecular complexity index is 2120. The predicted octanol–water partition coefficient (Wildman–Crippen LogP) is 4.98. The normalized spacial score (nSPS) is 20.8. The van der Waals surface area contributed by atoms with E-state index in [1.165, 1.54) is 25.6 Å². The van der Waals surface area contributed by atoms with Crippen molar-refractivity contribution in [1.29, 1.82) is 0 Å². The maximum absolute atomic E-state index is 14.2. The monoisotopic (exact) mass is 722 g/mol. The van der Waals surface area contributed by atoms with Crippen molar-refractivity contribution >= 4 is 40.2 Å². The molecule has 0 bridgehead atoms. The first kappa shape index (κ1) is 34.3. The summed E-state index contributed by atoms with van der Waals surface area (Å²) < 4.78 is 31.5. The third-order valence-electron chi connectivity index (χ3n) is 11.1. The number of anilines is 1. The Balaban J connectivity index is 0.845. The molecule has 3 aliphatic heterocycles. The standard InChI is InChI=1S/C39H39FN6O7/c1-51-32-17-27-29(41-22-42-37(27)53-31-5-3-2-4-28(31)40)18-33(32)52-21-35(48)45-14-12-39(13-15-45)11-10-25(19-39)43-24-6-7-26-23(16-24)20-46(38(26)50)30-8-9-34(47)44-36(30)49/h2-7,16-18,22,25,30,43H,8-15,19-21H2,1H3,(H,44,47,49). The van der Waals surface area contributed by atoms with Gasteiger partial charge in [0.25, 0.3) is 11.8 Å². The summed E-state index contributed by atoms with van der Waals surface area (Å²) in [6.45, 7) is 1.47. The van der Waals surface area contributed by atoms with Gasteiger partial charge >= 0.3 is 0 Å². The Kier molecular flexibility index (Phi) is 9.05. The van der Waals surface area contributed by atoms with Gasteiger partial charge in [0.1, 0.15) is 12.4 Å². The number of para-hydroxylation sites is 1. The molecule has 53 heavy (non-hydrogen) atoms. The Morgan fingerprint density at radius 3 is 2.62 bits per heavy atom. The number of piperidine rings is 2. The van der Waals surface area contributed by atoms with E-state index in [1.807, 2.05) is 23.1 Å². The molecule has 2 N–H and O–H groups in total. The number of amides is 4. The highest BCUT2D eigenvalue weighted by Crippen LogP contribution is 2.47. The number of halogens is 1. The minimum atomic E-state index is -0.636. The fourth-order valence-corrected chi connectivity index (χ4v) is 8.17. The quantitative estimate of drug-likeness (QED) is 0.226. The average molecular weight is 723 g/mol. The number of aromatic nitrogens is 2. The molecule has 1 aliphatic carbocycles. The molecule has 4 heterocycles. The van der Waals surface area contributed by atoms with Crippen molar-refractivity contribution in [3.63, 3.8) is 0 Å². The lowest BCUT2D eigenvalue weighted by Gasteiger charge is -2.39. The summed E-state index contributed by atoms with van der Waals surface area (Å²) in [5, 5.41) is 6.53. The Labute approximate surface area is 304 Å². The molecule has 2 unspecified atom stereocenters. The van der Waals surface area contributed by atoms with Gasteiger partial charge in [-0.3, -0.25) is 24.5 Å². The molecule has 4 aliphatic rings. The number of methoxy groups -OCH3 is 1. The molecular formula is C39H39FN6O7. The van der Waals surface area contributed by atoms with E-state index in [0.717, 1.165) is 43.4 Å². The number of imide groups is 1. The molecule has 14 heteroatoms. The Morgan fingerprint density at radius 1 is 1.00 bits per heavy atom. The molecule has 2 atom stereocenters. The zero-order valence-electron chi connectivity index (χ0n) is 29.2. The van der Waals surface area contributed by atoms with Crippen LogP contribution in [0.3, 0.4) is 0 Å². The summed E-state index contributed by atoms with van der Waals surface area (Å²) in [5.41, 5.74) is 3.05. The zero-order valence-corrected chi connectivity index (χ0v) is 29.2. The third kappa shape index (κ3) is 6.80. The zero-order chi connectivity index (χ0) is 36.7. The number of hydrogen-bond donors (Lipinski definition) is 2. The number of fused-ring (bicyclic) bond motifs is 2. The van der Waals surface area contributed by atoms with E-state index in [4.69, 9.17) is 14.2 Å². The van der Waals surface area contributed by atoms with Crippen LogP contribution in [0.2, 0.25) is 0 Å². The van der Waals surface area contributed by atoms with Crippen LogP contribution in [0.5, 0.6) is 23.1 Å². The molecular weight excluding hydrogens is 683 g/mol.